The van der Waals surface area contributed by atoms with E-state index in [-0.39, 0.29) is 36.5 Å². The molecule has 6 rings (SSSR count). The Balaban J connectivity index is 1.12. The van der Waals surface area contributed by atoms with Crippen molar-refractivity contribution in [2.45, 2.75) is 56.9 Å². The summed E-state index contributed by atoms with van der Waals surface area (Å²) in [5.74, 6) is 2.00. The summed E-state index contributed by atoms with van der Waals surface area (Å²) >= 11 is 0. The minimum absolute atomic E-state index is 0.0614. The van der Waals surface area contributed by atoms with Crippen LogP contribution in [0.4, 0.5) is 0 Å². The number of fused-ring (bicyclic) bond motifs is 1. The average molecular weight is 409 g/mol. The molecule has 7 nitrogen and oxygen atoms in total. The van der Waals surface area contributed by atoms with Gasteiger partial charge in [0.25, 0.3) is 11.5 Å². The number of nitrogens with one attached hydrogen (secondary N) is 2. The molecule has 1 heterocycles. The number of para-hydroxylation sites is 1. The Bertz CT molecular complexity index is 1010. The normalized spacial score (nSPS) is 29.1. The Kier molecular flexibility index (Phi) is 4.83. The Hall–Kier alpha value is -2.70. The molecule has 0 unspecified atom stereocenters. The number of hydrogen-bond donors (Lipinski definition) is 2. The van der Waals surface area contributed by atoms with Gasteiger partial charge in [0.1, 0.15) is 5.82 Å². The Morgan fingerprint density at radius 2 is 1.77 bits per heavy atom. The van der Waals surface area contributed by atoms with Crippen LogP contribution >= 0.6 is 0 Å². The first-order valence-electron chi connectivity index (χ1n) is 10.9. The van der Waals surface area contributed by atoms with Gasteiger partial charge in [-0.1, -0.05) is 12.1 Å². The predicted octanol–water partition coefficient (Wildman–Crippen LogP) is 2.48. The number of benzene rings is 1. The van der Waals surface area contributed by atoms with E-state index in [0.717, 1.165) is 37.0 Å². The predicted molar refractivity (Wildman–Crippen MR) is 111 cm³/mol. The second-order valence-corrected chi connectivity index (χ2v) is 9.44. The number of H-pyrrole nitrogens is 1. The third-order valence-electron chi connectivity index (χ3n) is 7.03. The Morgan fingerprint density at radius 3 is 2.47 bits per heavy atom. The highest BCUT2D eigenvalue weighted by Crippen LogP contribution is 2.55. The van der Waals surface area contributed by atoms with Crippen molar-refractivity contribution in [2.24, 2.45) is 17.8 Å². The summed E-state index contributed by atoms with van der Waals surface area (Å²) < 4.78 is 5.19. The van der Waals surface area contributed by atoms with Crippen molar-refractivity contribution in [3.8, 4) is 0 Å². The molecule has 0 saturated heterocycles. The summed E-state index contributed by atoms with van der Waals surface area (Å²) in [6, 6.07) is 7.07. The van der Waals surface area contributed by atoms with E-state index in [1.165, 1.54) is 19.3 Å². The van der Waals surface area contributed by atoms with Gasteiger partial charge in [-0.2, -0.15) is 0 Å². The number of aryl methyl sites for hydroxylation is 1. The van der Waals surface area contributed by atoms with E-state index in [2.05, 4.69) is 15.3 Å². The molecular weight excluding hydrogens is 382 g/mol. The number of amides is 1. The van der Waals surface area contributed by atoms with Gasteiger partial charge >= 0.3 is 5.97 Å². The maximum absolute atomic E-state index is 12.4. The fraction of sp³-hybridized carbons (Fsp3) is 0.565. The van der Waals surface area contributed by atoms with Crippen LogP contribution in [0.15, 0.2) is 29.1 Å². The van der Waals surface area contributed by atoms with Gasteiger partial charge in [-0.05, 0) is 68.4 Å². The molecule has 158 valence electrons. The third kappa shape index (κ3) is 3.85. The zero-order valence-corrected chi connectivity index (χ0v) is 17.0. The van der Waals surface area contributed by atoms with Gasteiger partial charge in [0.2, 0.25) is 0 Å². The Labute approximate surface area is 174 Å². The van der Waals surface area contributed by atoms with Gasteiger partial charge in [0.15, 0.2) is 6.61 Å². The summed E-state index contributed by atoms with van der Waals surface area (Å²) in [7, 11) is 0. The molecule has 2 N–H and O–H groups in total. The summed E-state index contributed by atoms with van der Waals surface area (Å²) in [6.45, 7) is -0.248. The van der Waals surface area contributed by atoms with E-state index in [4.69, 9.17) is 4.74 Å². The van der Waals surface area contributed by atoms with Crippen LogP contribution in [0.25, 0.3) is 10.9 Å². The first kappa shape index (κ1) is 19.3. The number of aromatic nitrogens is 2. The van der Waals surface area contributed by atoms with Crippen molar-refractivity contribution < 1.29 is 14.3 Å². The second kappa shape index (κ2) is 7.52. The van der Waals surface area contributed by atoms with E-state index in [0.29, 0.717) is 16.7 Å². The van der Waals surface area contributed by atoms with Crippen LogP contribution in [0, 0.1) is 17.8 Å². The highest BCUT2D eigenvalue weighted by Gasteiger charge is 2.51. The van der Waals surface area contributed by atoms with Crippen molar-refractivity contribution in [1.82, 2.24) is 15.3 Å². The summed E-state index contributed by atoms with van der Waals surface area (Å²) in [5, 5.41) is 3.72. The van der Waals surface area contributed by atoms with Crippen molar-refractivity contribution in [3.05, 3.63) is 40.4 Å². The molecule has 30 heavy (non-hydrogen) atoms. The van der Waals surface area contributed by atoms with E-state index in [1.54, 1.807) is 18.2 Å². The van der Waals surface area contributed by atoms with Gasteiger partial charge in [0.05, 0.1) is 17.3 Å². The summed E-state index contributed by atoms with van der Waals surface area (Å²) in [6.07, 6.45) is 7.47. The lowest BCUT2D eigenvalue weighted by molar-refractivity contribution is -0.150. The van der Waals surface area contributed by atoms with Gasteiger partial charge in [0, 0.05) is 12.0 Å². The minimum atomic E-state index is -0.466. The molecule has 0 radical (unpaired) electrons. The van der Waals surface area contributed by atoms with Crippen molar-refractivity contribution in [2.75, 3.05) is 6.61 Å². The van der Waals surface area contributed by atoms with Gasteiger partial charge in [-0.3, -0.25) is 14.4 Å². The zero-order chi connectivity index (χ0) is 20.7. The average Bonchev–Trinajstić information content (AvgIpc) is 2.69. The number of esters is 1. The van der Waals surface area contributed by atoms with Crippen LogP contribution in [0.3, 0.4) is 0 Å². The van der Waals surface area contributed by atoms with Crippen LogP contribution in [-0.2, 0) is 20.7 Å². The van der Waals surface area contributed by atoms with E-state index < -0.39 is 5.97 Å². The lowest BCUT2D eigenvalue weighted by Gasteiger charge is -2.56. The standard InChI is InChI=1S/C23H27N3O4/c27-20(26-23-10-14-7-15(11-23)9-16(8-14)12-23)13-30-21(28)6-5-19-24-18-4-2-1-3-17(18)22(29)25-19/h1-4,14-16H,5-13H2,(H,26,27)(H,24,25,29). The molecule has 1 aromatic heterocycles. The molecule has 4 fully saturated rings. The summed E-state index contributed by atoms with van der Waals surface area (Å²) in [5.41, 5.74) is 0.297. The number of ether oxygens (including phenoxy) is 1. The molecular formula is C23H27N3O4. The van der Waals surface area contributed by atoms with Crippen molar-refractivity contribution in [1.29, 1.82) is 0 Å². The van der Waals surface area contributed by atoms with Gasteiger partial charge in [-0.15, -0.1) is 0 Å². The van der Waals surface area contributed by atoms with E-state index in [1.807, 2.05) is 6.07 Å². The quantitative estimate of drug-likeness (QED) is 0.714. The van der Waals surface area contributed by atoms with Gasteiger partial charge in [-0.25, -0.2) is 4.98 Å². The lowest BCUT2D eigenvalue weighted by Crippen LogP contribution is -2.60. The van der Waals surface area contributed by atoms with Crippen LogP contribution in [0.2, 0.25) is 0 Å². The van der Waals surface area contributed by atoms with Crippen LogP contribution in [-0.4, -0.2) is 34.0 Å². The lowest BCUT2D eigenvalue weighted by atomic mass is 9.53. The molecule has 1 amide bonds. The molecule has 7 heteroatoms. The number of rotatable bonds is 6. The highest BCUT2D eigenvalue weighted by atomic mass is 16.5. The topological polar surface area (TPSA) is 101 Å². The molecule has 4 aliphatic carbocycles. The molecule has 0 atom stereocenters. The smallest absolute Gasteiger partial charge is 0.306 e. The number of nitrogens with zero attached hydrogens (tertiary/aromatic N) is 1. The molecule has 2 aromatic rings. The second-order valence-electron chi connectivity index (χ2n) is 9.44. The SMILES string of the molecule is O=C(COC(=O)CCc1nc2ccccc2c(=O)[nH]1)NC12CC3CC(CC(C3)C1)C2. The molecule has 0 spiro atoms. The number of aromatic amines is 1. The number of carbonyl (C=O) groups is 2. The minimum Gasteiger partial charge on any atom is -0.456 e. The number of carbonyl (C=O) groups excluding carboxylic acids is 2. The van der Waals surface area contributed by atoms with E-state index >= 15 is 0 Å². The van der Waals surface area contributed by atoms with Crippen LogP contribution in [0.5, 0.6) is 0 Å². The number of hydrogen-bond acceptors (Lipinski definition) is 5. The molecule has 1 aromatic carbocycles. The van der Waals surface area contributed by atoms with Crippen LogP contribution < -0.4 is 10.9 Å². The largest absolute Gasteiger partial charge is 0.456 e. The molecule has 4 saturated carbocycles. The fourth-order valence-electron chi connectivity index (χ4n) is 6.29. The van der Waals surface area contributed by atoms with Crippen molar-refractivity contribution >= 4 is 22.8 Å². The summed E-state index contributed by atoms with van der Waals surface area (Å²) in [4.78, 5) is 43.7. The molecule has 0 aliphatic heterocycles. The first-order valence-corrected chi connectivity index (χ1v) is 10.9. The fourth-order valence-corrected chi connectivity index (χ4v) is 6.29. The third-order valence-corrected chi connectivity index (χ3v) is 7.03. The highest BCUT2D eigenvalue weighted by molar-refractivity contribution is 5.81. The zero-order valence-electron chi connectivity index (χ0n) is 17.0. The maximum atomic E-state index is 12.4. The first-order chi connectivity index (χ1) is 14.5. The van der Waals surface area contributed by atoms with Gasteiger partial charge < -0.3 is 15.0 Å². The Morgan fingerprint density at radius 1 is 1.10 bits per heavy atom. The maximum Gasteiger partial charge on any atom is 0.306 e. The monoisotopic (exact) mass is 409 g/mol. The van der Waals surface area contributed by atoms with E-state index in [9.17, 15) is 14.4 Å². The molecule has 4 aliphatic rings. The molecule has 4 bridgehead atoms. The van der Waals surface area contributed by atoms with Crippen LogP contribution in [0.1, 0.15) is 50.8 Å². The van der Waals surface area contributed by atoms with Crippen molar-refractivity contribution in [3.63, 3.8) is 0 Å².